The maximum atomic E-state index is 12.2. The Kier molecular flexibility index (Phi) is 5.53. The van der Waals surface area contributed by atoms with Crippen molar-refractivity contribution in [2.75, 3.05) is 38.1 Å². The van der Waals surface area contributed by atoms with E-state index in [9.17, 15) is 4.79 Å². The van der Waals surface area contributed by atoms with Crippen LogP contribution in [0.5, 0.6) is 0 Å². The Hall–Kier alpha value is -2.93. The van der Waals surface area contributed by atoms with Gasteiger partial charge in [-0.25, -0.2) is 9.97 Å². The molecule has 4 rings (SSSR count). The van der Waals surface area contributed by atoms with Crippen molar-refractivity contribution in [3.63, 3.8) is 0 Å². The maximum absolute atomic E-state index is 12.2. The number of nitrogens with one attached hydrogen (secondary N) is 2. The van der Waals surface area contributed by atoms with Crippen LogP contribution in [0.25, 0.3) is 11.0 Å². The molecule has 1 fully saturated rings. The van der Waals surface area contributed by atoms with Gasteiger partial charge in [0.2, 0.25) is 5.91 Å². The number of rotatable bonds is 6. The van der Waals surface area contributed by atoms with Crippen LogP contribution in [0.3, 0.4) is 0 Å². The highest BCUT2D eigenvalue weighted by atomic mass is 16.1. The number of imidazole rings is 1. The number of H-pyrrole nitrogens is 1. The zero-order chi connectivity index (χ0) is 19.3. The summed E-state index contributed by atoms with van der Waals surface area (Å²) in [5, 5.41) is 2.97. The number of nitrogens with zero attached hydrogens (tertiary/aromatic N) is 4. The molecule has 28 heavy (non-hydrogen) atoms. The second-order valence-corrected chi connectivity index (χ2v) is 7.29. The van der Waals surface area contributed by atoms with Crippen molar-refractivity contribution in [2.45, 2.75) is 19.4 Å². The number of carbonyl (C=O) groups excluding carboxylic acids is 1. The van der Waals surface area contributed by atoms with E-state index < -0.39 is 0 Å². The Labute approximate surface area is 164 Å². The largest absolute Gasteiger partial charge is 0.354 e. The summed E-state index contributed by atoms with van der Waals surface area (Å²) in [7, 11) is 2.14. The molecule has 0 unspecified atom stereocenters. The first-order valence-corrected chi connectivity index (χ1v) is 9.76. The Morgan fingerprint density at radius 3 is 2.71 bits per heavy atom. The van der Waals surface area contributed by atoms with E-state index in [0.29, 0.717) is 19.4 Å². The quantitative estimate of drug-likeness (QED) is 0.686. The van der Waals surface area contributed by atoms with E-state index in [2.05, 4.69) is 37.1 Å². The number of piperazine rings is 1. The van der Waals surface area contributed by atoms with Crippen LogP contribution in [0.1, 0.15) is 17.8 Å². The highest BCUT2D eigenvalue weighted by Crippen LogP contribution is 2.14. The minimum atomic E-state index is 0.0172. The number of aryl methyl sites for hydroxylation is 1. The molecule has 0 radical (unpaired) electrons. The third-order valence-electron chi connectivity index (χ3n) is 5.15. The molecule has 1 aliphatic rings. The molecule has 2 aromatic heterocycles. The lowest BCUT2D eigenvalue weighted by Gasteiger charge is -2.33. The van der Waals surface area contributed by atoms with Crippen LogP contribution >= 0.6 is 0 Å². The lowest BCUT2D eigenvalue weighted by atomic mass is 10.2. The van der Waals surface area contributed by atoms with Gasteiger partial charge in [-0.15, -0.1) is 0 Å². The number of amides is 1. The molecule has 146 valence electrons. The lowest BCUT2D eigenvalue weighted by Crippen LogP contribution is -2.44. The molecule has 1 amide bonds. The average molecular weight is 378 g/mol. The Morgan fingerprint density at radius 2 is 1.96 bits per heavy atom. The number of anilines is 1. The molecule has 7 nitrogen and oxygen atoms in total. The summed E-state index contributed by atoms with van der Waals surface area (Å²) in [5.41, 5.74) is 2.95. The van der Waals surface area contributed by atoms with Gasteiger partial charge in [-0.1, -0.05) is 18.2 Å². The summed E-state index contributed by atoms with van der Waals surface area (Å²) in [4.78, 5) is 29.1. The van der Waals surface area contributed by atoms with E-state index >= 15 is 0 Å². The molecule has 0 spiro atoms. The SMILES string of the molecule is CN1CCN(c2ccc(CNC(=O)CCc3nc4ccccc4[nH]3)cn2)CC1. The first-order valence-electron chi connectivity index (χ1n) is 9.76. The molecule has 1 aliphatic heterocycles. The monoisotopic (exact) mass is 378 g/mol. The maximum Gasteiger partial charge on any atom is 0.220 e. The normalized spacial score (nSPS) is 15.1. The number of para-hydroxylation sites is 2. The van der Waals surface area contributed by atoms with Gasteiger partial charge in [0, 0.05) is 51.8 Å². The molecule has 0 atom stereocenters. The van der Waals surface area contributed by atoms with Crippen LogP contribution in [0.4, 0.5) is 5.82 Å². The number of hydrogen-bond acceptors (Lipinski definition) is 5. The summed E-state index contributed by atoms with van der Waals surface area (Å²) < 4.78 is 0. The van der Waals surface area contributed by atoms with Crippen molar-refractivity contribution in [1.29, 1.82) is 0 Å². The molecule has 7 heteroatoms. The van der Waals surface area contributed by atoms with Crippen LogP contribution < -0.4 is 10.2 Å². The van der Waals surface area contributed by atoms with Crippen molar-refractivity contribution in [3.8, 4) is 0 Å². The number of fused-ring (bicyclic) bond motifs is 1. The number of benzene rings is 1. The first kappa shape index (κ1) is 18.4. The standard InChI is InChI=1S/C21H26N6O/c1-26-10-12-27(13-11-26)20-8-6-16(14-22-20)15-23-21(28)9-7-19-24-17-4-2-3-5-18(17)25-19/h2-6,8,14H,7,9-13,15H2,1H3,(H,23,28)(H,24,25). The van der Waals surface area contributed by atoms with Crippen LogP contribution in [0.15, 0.2) is 42.6 Å². The van der Waals surface area contributed by atoms with Gasteiger partial charge in [0.25, 0.3) is 0 Å². The molecule has 3 aromatic rings. The molecule has 1 saturated heterocycles. The topological polar surface area (TPSA) is 77.1 Å². The minimum Gasteiger partial charge on any atom is -0.354 e. The average Bonchev–Trinajstić information content (AvgIpc) is 3.15. The second kappa shape index (κ2) is 8.39. The number of hydrogen-bond donors (Lipinski definition) is 2. The number of carbonyl (C=O) groups is 1. The summed E-state index contributed by atoms with van der Waals surface area (Å²) in [6.07, 6.45) is 2.86. The Bertz CT molecular complexity index is 894. The van der Waals surface area contributed by atoms with E-state index in [-0.39, 0.29) is 5.91 Å². The Morgan fingerprint density at radius 1 is 1.14 bits per heavy atom. The Balaban J connectivity index is 1.24. The lowest BCUT2D eigenvalue weighted by molar-refractivity contribution is -0.121. The van der Waals surface area contributed by atoms with E-state index in [4.69, 9.17) is 0 Å². The van der Waals surface area contributed by atoms with E-state index in [0.717, 1.165) is 54.4 Å². The zero-order valence-electron chi connectivity index (χ0n) is 16.2. The molecule has 1 aromatic carbocycles. The smallest absolute Gasteiger partial charge is 0.220 e. The van der Waals surface area contributed by atoms with Crippen molar-refractivity contribution >= 4 is 22.8 Å². The molecule has 0 saturated carbocycles. The number of likely N-dealkylation sites (N-methyl/N-ethyl adjacent to an activating group) is 1. The van der Waals surface area contributed by atoms with Crippen molar-refractivity contribution in [2.24, 2.45) is 0 Å². The minimum absolute atomic E-state index is 0.0172. The van der Waals surface area contributed by atoms with Crippen LogP contribution in [-0.4, -0.2) is 59.0 Å². The van der Waals surface area contributed by atoms with Gasteiger partial charge in [-0.05, 0) is 30.8 Å². The third kappa shape index (κ3) is 4.48. The van der Waals surface area contributed by atoms with Gasteiger partial charge in [0.15, 0.2) is 0 Å². The third-order valence-corrected chi connectivity index (χ3v) is 5.15. The molecule has 2 N–H and O–H groups in total. The van der Waals surface area contributed by atoms with Gasteiger partial charge in [-0.3, -0.25) is 4.79 Å². The van der Waals surface area contributed by atoms with Gasteiger partial charge < -0.3 is 20.1 Å². The summed E-state index contributed by atoms with van der Waals surface area (Å²) in [6, 6.07) is 12.0. The predicted molar refractivity (Wildman–Crippen MR) is 110 cm³/mol. The van der Waals surface area contributed by atoms with Gasteiger partial charge >= 0.3 is 0 Å². The fraction of sp³-hybridized carbons (Fsp3) is 0.381. The van der Waals surface area contributed by atoms with Gasteiger partial charge in [0.1, 0.15) is 11.6 Å². The van der Waals surface area contributed by atoms with Crippen LogP contribution in [-0.2, 0) is 17.8 Å². The molecular weight excluding hydrogens is 352 g/mol. The van der Waals surface area contributed by atoms with Gasteiger partial charge in [0.05, 0.1) is 11.0 Å². The summed E-state index contributed by atoms with van der Waals surface area (Å²) in [5.74, 6) is 1.87. The summed E-state index contributed by atoms with van der Waals surface area (Å²) >= 11 is 0. The number of aromatic nitrogens is 3. The van der Waals surface area contributed by atoms with E-state index in [1.54, 1.807) is 0 Å². The van der Waals surface area contributed by atoms with Gasteiger partial charge in [-0.2, -0.15) is 0 Å². The predicted octanol–water partition coefficient (Wildman–Crippen LogP) is 1.96. The molecule has 3 heterocycles. The molecule has 0 aliphatic carbocycles. The first-order chi connectivity index (χ1) is 13.7. The zero-order valence-corrected chi connectivity index (χ0v) is 16.2. The summed E-state index contributed by atoms with van der Waals surface area (Å²) in [6.45, 7) is 4.62. The molecule has 0 bridgehead atoms. The van der Waals surface area contributed by atoms with E-state index in [1.165, 1.54) is 0 Å². The fourth-order valence-electron chi connectivity index (χ4n) is 3.39. The fourth-order valence-corrected chi connectivity index (χ4v) is 3.39. The number of aromatic amines is 1. The van der Waals surface area contributed by atoms with Crippen molar-refractivity contribution in [3.05, 3.63) is 54.0 Å². The van der Waals surface area contributed by atoms with Crippen LogP contribution in [0.2, 0.25) is 0 Å². The highest BCUT2D eigenvalue weighted by Gasteiger charge is 2.15. The van der Waals surface area contributed by atoms with E-state index in [1.807, 2.05) is 42.6 Å². The second-order valence-electron chi connectivity index (χ2n) is 7.29. The highest BCUT2D eigenvalue weighted by molar-refractivity contribution is 5.77. The molecular formula is C21H26N6O. The van der Waals surface area contributed by atoms with Crippen LogP contribution in [0, 0.1) is 0 Å². The van der Waals surface area contributed by atoms with Crippen molar-refractivity contribution in [1.82, 2.24) is 25.2 Å². The van der Waals surface area contributed by atoms with Crippen molar-refractivity contribution < 1.29 is 4.79 Å². The number of pyridine rings is 1.